The first-order valence-corrected chi connectivity index (χ1v) is 6.80. The van der Waals surface area contributed by atoms with E-state index in [9.17, 15) is 0 Å². The first kappa shape index (κ1) is 13.2. The summed E-state index contributed by atoms with van der Waals surface area (Å²) in [6, 6.07) is 8.09. The second-order valence-corrected chi connectivity index (χ2v) is 5.52. The zero-order valence-corrected chi connectivity index (χ0v) is 11.4. The Bertz CT molecular complexity index is 384. The minimum absolute atomic E-state index is 0.0683. The Balaban J connectivity index is 2.09. The molecule has 3 heteroatoms. The van der Waals surface area contributed by atoms with Gasteiger partial charge in [0.15, 0.2) is 0 Å². The van der Waals surface area contributed by atoms with E-state index in [1.165, 1.54) is 12.8 Å². The van der Waals surface area contributed by atoms with Crippen molar-refractivity contribution in [2.45, 2.75) is 38.1 Å². The number of hydrogen-bond acceptors (Lipinski definition) is 3. The van der Waals surface area contributed by atoms with E-state index in [1.807, 2.05) is 18.2 Å². The molecule has 1 aliphatic carbocycles. The summed E-state index contributed by atoms with van der Waals surface area (Å²) in [6.07, 6.45) is 4.83. The summed E-state index contributed by atoms with van der Waals surface area (Å²) < 4.78 is 5.26. The lowest BCUT2D eigenvalue weighted by molar-refractivity contribution is 0.271. The molecule has 1 aromatic rings. The predicted octanol–water partition coefficient (Wildman–Crippen LogP) is 3.01. The van der Waals surface area contributed by atoms with Crippen molar-refractivity contribution in [2.24, 2.45) is 11.7 Å². The van der Waals surface area contributed by atoms with Crippen LogP contribution in [0.1, 0.15) is 32.6 Å². The van der Waals surface area contributed by atoms with Crippen molar-refractivity contribution in [3.8, 4) is 5.75 Å². The van der Waals surface area contributed by atoms with Crippen LogP contribution in [0.4, 0.5) is 5.69 Å². The molecule has 0 unspecified atom stereocenters. The third kappa shape index (κ3) is 2.96. The average molecular weight is 248 g/mol. The Morgan fingerprint density at radius 3 is 2.72 bits per heavy atom. The molecule has 0 aromatic heterocycles. The third-order valence-corrected chi connectivity index (χ3v) is 4.10. The first-order valence-electron chi connectivity index (χ1n) is 6.80. The standard InChI is InChI=1S/C15H24N2O/c1-12-6-8-15(11-16,9-7-12)17-13-4-3-5-14(10-13)18-2/h3-5,10,12,17H,6-9,11,16H2,1-2H3. The van der Waals surface area contributed by atoms with Gasteiger partial charge in [-0.25, -0.2) is 0 Å². The highest BCUT2D eigenvalue weighted by atomic mass is 16.5. The van der Waals surface area contributed by atoms with Crippen molar-refractivity contribution in [1.29, 1.82) is 0 Å². The van der Waals surface area contributed by atoms with Crippen molar-refractivity contribution in [3.63, 3.8) is 0 Å². The van der Waals surface area contributed by atoms with Gasteiger partial charge in [-0.3, -0.25) is 0 Å². The van der Waals surface area contributed by atoms with Crippen LogP contribution in [0.3, 0.4) is 0 Å². The Morgan fingerprint density at radius 2 is 2.11 bits per heavy atom. The number of anilines is 1. The maximum absolute atomic E-state index is 6.01. The summed E-state index contributed by atoms with van der Waals surface area (Å²) in [4.78, 5) is 0. The second-order valence-electron chi connectivity index (χ2n) is 5.52. The molecule has 100 valence electrons. The normalized spacial score (nSPS) is 27.8. The summed E-state index contributed by atoms with van der Waals surface area (Å²) >= 11 is 0. The highest BCUT2D eigenvalue weighted by molar-refractivity contribution is 5.50. The minimum Gasteiger partial charge on any atom is -0.497 e. The van der Waals surface area contributed by atoms with Gasteiger partial charge in [-0.1, -0.05) is 13.0 Å². The Morgan fingerprint density at radius 1 is 1.39 bits per heavy atom. The number of nitrogens with one attached hydrogen (secondary N) is 1. The molecular weight excluding hydrogens is 224 g/mol. The molecule has 1 saturated carbocycles. The van der Waals surface area contributed by atoms with Gasteiger partial charge in [-0.15, -0.1) is 0 Å². The molecule has 1 aliphatic rings. The Hall–Kier alpha value is -1.22. The zero-order chi connectivity index (χ0) is 13.0. The van der Waals surface area contributed by atoms with E-state index in [4.69, 9.17) is 10.5 Å². The number of ether oxygens (including phenoxy) is 1. The number of nitrogens with two attached hydrogens (primary N) is 1. The van der Waals surface area contributed by atoms with Crippen molar-refractivity contribution in [2.75, 3.05) is 19.0 Å². The minimum atomic E-state index is 0.0683. The lowest BCUT2D eigenvalue weighted by Gasteiger charge is -2.40. The molecule has 0 bridgehead atoms. The smallest absolute Gasteiger partial charge is 0.120 e. The number of hydrogen-bond donors (Lipinski definition) is 2. The van der Waals surface area contributed by atoms with Gasteiger partial charge in [0.05, 0.1) is 7.11 Å². The molecular formula is C15H24N2O. The van der Waals surface area contributed by atoms with E-state index >= 15 is 0 Å². The molecule has 0 aliphatic heterocycles. The molecule has 1 fully saturated rings. The van der Waals surface area contributed by atoms with Crippen LogP contribution in [0.2, 0.25) is 0 Å². The van der Waals surface area contributed by atoms with Crippen LogP contribution < -0.4 is 15.8 Å². The van der Waals surface area contributed by atoms with E-state index in [0.29, 0.717) is 6.54 Å². The number of benzene rings is 1. The summed E-state index contributed by atoms with van der Waals surface area (Å²) in [6.45, 7) is 3.02. The van der Waals surface area contributed by atoms with E-state index in [2.05, 4.69) is 18.3 Å². The fourth-order valence-electron chi connectivity index (χ4n) is 2.70. The van der Waals surface area contributed by atoms with Crippen molar-refractivity contribution >= 4 is 5.69 Å². The molecule has 0 radical (unpaired) electrons. The third-order valence-electron chi connectivity index (χ3n) is 4.10. The van der Waals surface area contributed by atoms with Crippen molar-refractivity contribution in [3.05, 3.63) is 24.3 Å². The second kappa shape index (κ2) is 5.61. The molecule has 0 amide bonds. The van der Waals surface area contributed by atoms with Gasteiger partial charge in [0.25, 0.3) is 0 Å². The van der Waals surface area contributed by atoms with Crippen LogP contribution in [0.25, 0.3) is 0 Å². The Kier molecular flexibility index (Phi) is 4.12. The fourth-order valence-corrected chi connectivity index (χ4v) is 2.70. The van der Waals surface area contributed by atoms with E-state index in [1.54, 1.807) is 7.11 Å². The molecule has 3 N–H and O–H groups in total. The van der Waals surface area contributed by atoms with Gasteiger partial charge >= 0.3 is 0 Å². The van der Waals surface area contributed by atoms with Crippen LogP contribution in [-0.2, 0) is 0 Å². The molecule has 0 atom stereocenters. The highest BCUT2D eigenvalue weighted by Gasteiger charge is 2.32. The Labute approximate surface area is 110 Å². The average Bonchev–Trinajstić information content (AvgIpc) is 2.42. The van der Waals surface area contributed by atoms with Crippen LogP contribution in [0.15, 0.2) is 24.3 Å². The van der Waals surface area contributed by atoms with Gasteiger partial charge in [0.1, 0.15) is 5.75 Å². The lowest BCUT2D eigenvalue weighted by Crippen LogP contribution is -2.48. The van der Waals surface area contributed by atoms with Gasteiger partial charge in [0, 0.05) is 23.8 Å². The SMILES string of the molecule is COc1cccc(NC2(CN)CCC(C)CC2)c1. The van der Waals surface area contributed by atoms with Gasteiger partial charge < -0.3 is 15.8 Å². The number of methoxy groups -OCH3 is 1. The fraction of sp³-hybridized carbons (Fsp3) is 0.600. The van der Waals surface area contributed by atoms with Gasteiger partial charge in [-0.05, 0) is 43.7 Å². The van der Waals surface area contributed by atoms with Crippen LogP contribution in [-0.4, -0.2) is 19.2 Å². The molecule has 2 rings (SSSR count). The monoisotopic (exact) mass is 248 g/mol. The maximum atomic E-state index is 6.01. The van der Waals surface area contributed by atoms with Crippen molar-refractivity contribution in [1.82, 2.24) is 0 Å². The van der Waals surface area contributed by atoms with E-state index in [-0.39, 0.29) is 5.54 Å². The predicted molar refractivity (Wildman–Crippen MR) is 76.0 cm³/mol. The molecule has 0 saturated heterocycles. The summed E-state index contributed by atoms with van der Waals surface area (Å²) in [7, 11) is 1.69. The summed E-state index contributed by atoms with van der Waals surface area (Å²) in [5.74, 6) is 1.72. The highest BCUT2D eigenvalue weighted by Crippen LogP contribution is 2.34. The van der Waals surface area contributed by atoms with Gasteiger partial charge in [-0.2, -0.15) is 0 Å². The van der Waals surface area contributed by atoms with Crippen LogP contribution in [0, 0.1) is 5.92 Å². The van der Waals surface area contributed by atoms with Crippen molar-refractivity contribution < 1.29 is 4.74 Å². The maximum Gasteiger partial charge on any atom is 0.120 e. The first-order chi connectivity index (χ1) is 8.67. The van der Waals surface area contributed by atoms with E-state index in [0.717, 1.165) is 30.2 Å². The molecule has 0 heterocycles. The summed E-state index contributed by atoms with van der Waals surface area (Å²) in [5.41, 5.74) is 7.18. The van der Waals surface area contributed by atoms with Crippen LogP contribution >= 0.6 is 0 Å². The number of rotatable bonds is 4. The zero-order valence-electron chi connectivity index (χ0n) is 11.4. The largest absolute Gasteiger partial charge is 0.497 e. The molecule has 1 aromatic carbocycles. The molecule has 18 heavy (non-hydrogen) atoms. The topological polar surface area (TPSA) is 47.3 Å². The van der Waals surface area contributed by atoms with E-state index < -0.39 is 0 Å². The molecule has 0 spiro atoms. The van der Waals surface area contributed by atoms with Gasteiger partial charge in [0.2, 0.25) is 0 Å². The summed E-state index contributed by atoms with van der Waals surface area (Å²) in [5, 5.41) is 3.63. The quantitative estimate of drug-likeness (QED) is 0.861. The van der Waals surface area contributed by atoms with Crippen LogP contribution in [0.5, 0.6) is 5.75 Å². The lowest BCUT2D eigenvalue weighted by atomic mass is 9.77. The molecule has 3 nitrogen and oxygen atoms in total.